The van der Waals surface area contributed by atoms with Crippen molar-refractivity contribution in [3.63, 3.8) is 0 Å². The second kappa shape index (κ2) is 6.85. The van der Waals surface area contributed by atoms with E-state index in [0.717, 1.165) is 10.2 Å². The van der Waals surface area contributed by atoms with Gasteiger partial charge in [0.2, 0.25) is 0 Å². The molecule has 0 aliphatic heterocycles. The van der Waals surface area contributed by atoms with Crippen LogP contribution >= 0.6 is 15.9 Å². The summed E-state index contributed by atoms with van der Waals surface area (Å²) in [5.41, 5.74) is 2.99. The van der Waals surface area contributed by atoms with Gasteiger partial charge in [0, 0.05) is 25.1 Å². The number of halogens is 1. The largest absolute Gasteiger partial charge is 0.491 e. The highest BCUT2D eigenvalue weighted by Gasteiger charge is 2.05. The lowest BCUT2D eigenvalue weighted by molar-refractivity contribution is 0.0884. The van der Waals surface area contributed by atoms with Crippen LogP contribution < -0.4 is 10.2 Å². The van der Waals surface area contributed by atoms with E-state index in [2.05, 4.69) is 21.4 Å². The number of hydrogen-bond donors (Lipinski definition) is 2. The van der Waals surface area contributed by atoms with Gasteiger partial charge in [0.15, 0.2) is 0 Å². The molecule has 0 fully saturated rings. The molecule has 0 aromatic heterocycles. The Morgan fingerprint density at radius 2 is 2.00 bits per heavy atom. The van der Waals surface area contributed by atoms with Crippen LogP contribution in [0.4, 0.5) is 0 Å². The fourth-order valence-corrected chi connectivity index (χ4v) is 1.33. The molecule has 0 saturated heterocycles. The summed E-state index contributed by atoms with van der Waals surface area (Å²) in [6.07, 6.45) is -0.522. The number of rotatable bonds is 6. The summed E-state index contributed by atoms with van der Waals surface area (Å²) in [4.78, 5) is 0. The highest BCUT2D eigenvalue weighted by molar-refractivity contribution is 9.10. The molecule has 4 nitrogen and oxygen atoms in total. The van der Waals surface area contributed by atoms with E-state index in [1.54, 1.807) is 5.01 Å². The van der Waals surface area contributed by atoms with Crippen LogP contribution in [0.15, 0.2) is 28.7 Å². The first kappa shape index (κ1) is 13.4. The maximum Gasteiger partial charge on any atom is 0.119 e. The molecule has 1 aromatic carbocycles. The van der Waals surface area contributed by atoms with E-state index in [4.69, 9.17) is 4.74 Å². The molecule has 0 amide bonds. The molecule has 1 atom stereocenters. The zero-order valence-electron chi connectivity index (χ0n) is 9.48. The number of hydrogen-bond acceptors (Lipinski definition) is 4. The lowest BCUT2D eigenvalue weighted by atomic mass is 10.3. The normalized spacial score (nSPS) is 12.8. The minimum absolute atomic E-state index is 0.280. The molecule has 0 aliphatic rings. The van der Waals surface area contributed by atoms with Gasteiger partial charge in [-0.2, -0.15) is 0 Å². The van der Waals surface area contributed by atoms with E-state index < -0.39 is 6.10 Å². The minimum atomic E-state index is -0.522. The second-order valence-electron chi connectivity index (χ2n) is 3.68. The van der Waals surface area contributed by atoms with Gasteiger partial charge in [0.1, 0.15) is 18.5 Å². The summed E-state index contributed by atoms with van der Waals surface area (Å²) in [5.74, 6) is 0.757. The second-order valence-corrected chi connectivity index (χ2v) is 4.59. The molecule has 0 spiro atoms. The Hall–Kier alpha value is -0.620. The highest BCUT2D eigenvalue weighted by Crippen LogP contribution is 2.16. The maximum absolute atomic E-state index is 9.59. The molecule has 1 aromatic rings. The number of nitrogens with zero attached hydrogens (tertiary/aromatic N) is 1. The lowest BCUT2D eigenvalue weighted by Crippen LogP contribution is -2.39. The summed E-state index contributed by atoms with van der Waals surface area (Å²) in [5, 5.41) is 11.4. The monoisotopic (exact) mass is 288 g/mol. The van der Waals surface area contributed by atoms with E-state index in [-0.39, 0.29) is 6.61 Å². The van der Waals surface area contributed by atoms with Gasteiger partial charge in [-0.15, -0.1) is 0 Å². The molecule has 90 valence electrons. The summed E-state index contributed by atoms with van der Waals surface area (Å²) < 4.78 is 6.43. The van der Waals surface area contributed by atoms with Crippen LogP contribution in [-0.4, -0.2) is 43.5 Å². The number of nitrogens with one attached hydrogen (secondary N) is 1. The first-order valence-corrected chi connectivity index (χ1v) is 5.84. The number of benzene rings is 1. The third kappa shape index (κ3) is 5.46. The van der Waals surface area contributed by atoms with E-state index >= 15 is 0 Å². The first-order chi connectivity index (χ1) is 7.58. The smallest absolute Gasteiger partial charge is 0.119 e. The number of aliphatic hydroxyl groups is 1. The van der Waals surface area contributed by atoms with Crippen molar-refractivity contribution in [3.8, 4) is 5.75 Å². The van der Waals surface area contributed by atoms with Gasteiger partial charge in [-0.1, -0.05) is 15.9 Å². The van der Waals surface area contributed by atoms with Crippen LogP contribution in [0.3, 0.4) is 0 Å². The van der Waals surface area contributed by atoms with Gasteiger partial charge in [-0.05, 0) is 24.3 Å². The third-order valence-electron chi connectivity index (χ3n) is 1.90. The van der Waals surface area contributed by atoms with E-state index in [9.17, 15) is 5.11 Å². The first-order valence-electron chi connectivity index (χ1n) is 5.05. The van der Waals surface area contributed by atoms with Crippen molar-refractivity contribution in [2.45, 2.75) is 6.10 Å². The molecule has 0 bridgehead atoms. The molecule has 2 N–H and O–H groups in total. The summed E-state index contributed by atoms with van der Waals surface area (Å²) >= 11 is 3.35. The average Bonchev–Trinajstić information content (AvgIpc) is 2.25. The Balaban J connectivity index is 2.26. The zero-order valence-corrected chi connectivity index (χ0v) is 11.1. The quantitative estimate of drug-likeness (QED) is 0.774. The standard InChI is InChI=1S/C11H17BrN2O2/c1-14(2)13-7-10(15)8-16-11-5-3-9(12)4-6-11/h3-6,10,13,15H,7-8H2,1-2H3. The van der Waals surface area contributed by atoms with Crippen molar-refractivity contribution < 1.29 is 9.84 Å². The van der Waals surface area contributed by atoms with E-state index in [0.29, 0.717) is 6.54 Å². The van der Waals surface area contributed by atoms with Gasteiger partial charge in [0.25, 0.3) is 0 Å². The summed E-state index contributed by atoms with van der Waals surface area (Å²) in [6, 6.07) is 7.52. The third-order valence-corrected chi connectivity index (χ3v) is 2.43. The summed E-state index contributed by atoms with van der Waals surface area (Å²) in [6.45, 7) is 0.756. The van der Waals surface area contributed by atoms with Crippen molar-refractivity contribution in [1.82, 2.24) is 10.4 Å². The van der Waals surface area contributed by atoms with Crippen LogP contribution in [0.1, 0.15) is 0 Å². The maximum atomic E-state index is 9.59. The highest BCUT2D eigenvalue weighted by atomic mass is 79.9. The van der Waals surface area contributed by atoms with E-state index in [1.165, 1.54) is 0 Å². The van der Waals surface area contributed by atoms with Gasteiger partial charge >= 0.3 is 0 Å². The van der Waals surface area contributed by atoms with Crippen LogP contribution in [0.2, 0.25) is 0 Å². The van der Waals surface area contributed by atoms with Gasteiger partial charge < -0.3 is 9.84 Å². The molecular formula is C11H17BrN2O2. The fourth-order valence-electron chi connectivity index (χ4n) is 1.07. The van der Waals surface area contributed by atoms with Crippen LogP contribution in [-0.2, 0) is 0 Å². The summed E-state index contributed by atoms with van der Waals surface area (Å²) in [7, 11) is 3.75. The van der Waals surface area contributed by atoms with Gasteiger partial charge in [-0.25, -0.2) is 0 Å². The van der Waals surface area contributed by atoms with Crippen LogP contribution in [0.25, 0.3) is 0 Å². The van der Waals surface area contributed by atoms with Crippen molar-refractivity contribution in [3.05, 3.63) is 28.7 Å². The SMILES string of the molecule is CN(C)NCC(O)COc1ccc(Br)cc1. The average molecular weight is 289 g/mol. The fraction of sp³-hybridized carbons (Fsp3) is 0.455. The topological polar surface area (TPSA) is 44.7 Å². The minimum Gasteiger partial charge on any atom is -0.491 e. The van der Waals surface area contributed by atoms with Crippen LogP contribution in [0, 0.1) is 0 Å². The molecule has 0 saturated carbocycles. The van der Waals surface area contributed by atoms with E-state index in [1.807, 2.05) is 38.4 Å². The van der Waals surface area contributed by atoms with Gasteiger partial charge in [0.05, 0.1) is 0 Å². The van der Waals surface area contributed by atoms with Crippen molar-refractivity contribution in [2.75, 3.05) is 27.2 Å². The predicted molar refractivity (Wildman–Crippen MR) is 67.3 cm³/mol. The Kier molecular flexibility index (Phi) is 5.76. The van der Waals surface area contributed by atoms with Crippen molar-refractivity contribution >= 4 is 15.9 Å². The predicted octanol–water partition coefficient (Wildman–Crippen LogP) is 1.26. The number of hydrazine groups is 1. The Morgan fingerprint density at radius 1 is 1.38 bits per heavy atom. The van der Waals surface area contributed by atoms with Gasteiger partial charge in [-0.3, -0.25) is 10.4 Å². The number of aliphatic hydroxyl groups excluding tert-OH is 1. The lowest BCUT2D eigenvalue weighted by Gasteiger charge is -2.16. The molecule has 1 unspecified atom stereocenters. The Bertz CT molecular complexity index is 303. The molecular weight excluding hydrogens is 272 g/mol. The van der Waals surface area contributed by atoms with Crippen LogP contribution in [0.5, 0.6) is 5.75 Å². The molecule has 1 rings (SSSR count). The Morgan fingerprint density at radius 3 is 2.56 bits per heavy atom. The molecule has 0 heterocycles. The van der Waals surface area contributed by atoms with Crippen molar-refractivity contribution in [2.24, 2.45) is 0 Å². The van der Waals surface area contributed by atoms with Crippen molar-refractivity contribution in [1.29, 1.82) is 0 Å². The Labute approximate surface area is 104 Å². The number of ether oxygens (including phenoxy) is 1. The zero-order chi connectivity index (χ0) is 12.0. The molecule has 0 aliphatic carbocycles. The molecule has 5 heteroatoms. The molecule has 16 heavy (non-hydrogen) atoms. The molecule has 0 radical (unpaired) electrons.